The molecule has 2 heterocycles. The van der Waals surface area contributed by atoms with Crippen LogP contribution in [0.3, 0.4) is 0 Å². The van der Waals surface area contributed by atoms with Crippen LogP contribution < -0.4 is 21.3 Å². The van der Waals surface area contributed by atoms with Crippen LogP contribution in [0.4, 0.5) is 55.7 Å². The first-order valence-corrected chi connectivity index (χ1v) is 49.7. The molecule has 761 valence electrons. The third-order valence-electron chi connectivity index (χ3n) is 22.5. The number of carbonyl (C=O) groups excluding carboxylic acids is 9. The topological polar surface area (TPSA) is 279 Å². The Morgan fingerprint density at radius 3 is 1.41 bits per heavy atom. The standard InChI is InChI=1S/C28H30FNS.C27H24FNOS.C17H19NS.C11H11FO.C6H5BFO2.C6HF5O.C5H6Cl2N2O2.C5H6O.C4H8O2.2CO2/c1-2-3-10-24-19-27(31-20-21-8-5-4-6-9-21)15-16-28(24)30-26-14-13-23(18-26)22-11-7-12-25(29)17-22;28-23-8-4-7-20(15-23)21-9-11-24(16-21)29-26-13-12-25(17-22(26)10-14-27(29)30)31-18-19-5-2-1-3-6-19;1-2-3-9-15-12-16(10-11-17(15)18)19-13-14-7-5-4-6-8-14;12-10-3-1-2-8(6-10)9-4-5-11(13)7-9;8-5-2-1-3-6(4-5)10-7-9;7-1-2(8)4(10)6(12)5(11)3(1)9;1-5(2)3(10)8(6)4(11)9(5)7;6-5-3-1-2-4-5;1-3-6-4(2)5;2*2-1-3/h3-12,15-17,19,23,26,30H,2,13-14,18,20H2,1H3;1-8,10,12-15,17,21,24H,9,11,16,18H2;3-12H,2,13,18H2,1H3;1-3,6,9H,4-5,7H2;1-4,9H;12H;1-2H3;1,3H,2,4H2;3H2,1-2H3;;/b10-3+;;9-3+;;;;;;;;. The number of nitrogens with two attached hydrogens (primary N) is 1. The van der Waals surface area contributed by atoms with E-state index in [4.69, 9.17) is 58.6 Å². The van der Waals surface area contributed by atoms with Gasteiger partial charge in [-0.1, -0.05) is 178 Å². The van der Waals surface area contributed by atoms with E-state index >= 15 is 0 Å². The monoisotopic (exact) mass is 2080 g/mol. The minimum Gasteiger partial charge on any atom is -0.537 e. The van der Waals surface area contributed by atoms with Crippen molar-refractivity contribution < 1.29 is 102 Å². The third kappa shape index (κ3) is 39.6. The van der Waals surface area contributed by atoms with Crippen LogP contribution >= 0.6 is 58.8 Å². The fraction of sp³-hybridized carbons (Fsp3) is 0.261. The van der Waals surface area contributed by atoms with E-state index < -0.39 is 52.3 Å². The number of ether oxygens (including phenoxy) is 1. The van der Waals surface area contributed by atoms with Gasteiger partial charge in [-0.3, -0.25) is 24.0 Å². The molecule has 145 heavy (non-hydrogen) atoms. The number of halogens is 11. The first-order valence-electron chi connectivity index (χ1n) is 46.1. The zero-order valence-electron chi connectivity index (χ0n) is 80.3. The zero-order chi connectivity index (χ0) is 106. The van der Waals surface area contributed by atoms with Crippen molar-refractivity contribution in [2.24, 2.45) is 0 Å². The first-order chi connectivity index (χ1) is 69.6. The Morgan fingerprint density at radius 1 is 0.531 bits per heavy atom. The molecule has 12 aromatic rings. The van der Waals surface area contributed by atoms with Gasteiger partial charge in [-0.05, 0) is 268 Å². The number of fused-ring (bicyclic) bond motifs is 1. The largest absolute Gasteiger partial charge is 0.569 e. The van der Waals surface area contributed by atoms with E-state index in [2.05, 4.69) is 186 Å². The van der Waals surface area contributed by atoms with Gasteiger partial charge in [0.1, 0.15) is 40.3 Å². The van der Waals surface area contributed by atoms with Crippen LogP contribution in [0.2, 0.25) is 0 Å². The van der Waals surface area contributed by atoms with Gasteiger partial charge in [0, 0.05) is 117 Å². The number of esters is 1. The number of ketones is 2. The third-order valence-corrected chi connectivity index (χ3v) is 26.5. The van der Waals surface area contributed by atoms with E-state index in [1.807, 2.05) is 76.6 Å². The number of carbonyl (C=O) groups is 5. The lowest BCUT2D eigenvalue weighted by Gasteiger charge is -2.18. The molecular weight excluding hydrogens is 1980 g/mol. The van der Waals surface area contributed by atoms with E-state index in [0.29, 0.717) is 55.2 Å². The summed E-state index contributed by atoms with van der Waals surface area (Å²) in [5.74, 6) is -9.87. The van der Waals surface area contributed by atoms with Gasteiger partial charge < -0.3 is 35.1 Å². The van der Waals surface area contributed by atoms with Gasteiger partial charge in [-0.15, -0.1) is 35.3 Å². The summed E-state index contributed by atoms with van der Waals surface area (Å²) >= 11 is 16.3. The Hall–Kier alpha value is -13.4. The predicted molar refractivity (Wildman–Crippen MR) is 551 cm³/mol. The molecule has 5 N–H and O–H groups in total. The molecule has 3 saturated carbocycles. The van der Waals surface area contributed by atoms with Crippen LogP contribution in [0, 0.1) is 52.4 Å². The Labute approximate surface area is 860 Å². The van der Waals surface area contributed by atoms with Gasteiger partial charge in [0.05, 0.1) is 12.1 Å². The Balaban J connectivity index is 0.000000231. The number of thioether (sulfide) groups is 3. The fourth-order valence-electron chi connectivity index (χ4n) is 15.3. The summed E-state index contributed by atoms with van der Waals surface area (Å²) in [6.07, 6.45) is 24.6. The molecule has 5 unspecified atom stereocenters. The van der Waals surface area contributed by atoms with Crippen LogP contribution in [0.25, 0.3) is 23.1 Å². The second-order valence-corrected chi connectivity index (χ2v) is 37.0. The van der Waals surface area contributed by atoms with Gasteiger partial charge >= 0.3 is 32.0 Å². The number of rotatable bonds is 22. The lowest BCUT2D eigenvalue weighted by molar-refractivity contribution is -0.193. The summed E-state index contributed by atoms with van der Waals surface area (Å²) < 4.78 is 125. The van der Waals surface area contributed by atoms with Crippen molar-refractivity contribution in [2.75, 3.05) is 17.7 Å². The number of hydrogen-bond acceptors (Lipinski definition) is 19. The number of benzene rings is 11. The molecule has 11 aromatic carbocycles. The van der Waals surface area contributed by atoms with Crippen molar-refractivity contribution in [2.45, 2.75) is 192 Å². The van der Waals surface area contributed by atoms with Crippen LogP contribution in [-0.2, 0) is 60.4 Å². The quantitative estimate of drug-likeness (QED) is 0.00565. The number of nitrogens with zero attached hydrogens (tertiary/aromatic N) is 3. The molecule has 34 heteroatoms. The highest BCUT2D eigenvalue weighted by molar-refractivity contribution is 7.99. The second kappa shape index (κ2) is 63.0. The lowest BCUT2D eigenvalue weighted by Crippen LogP contribution is -2.38. The lowest BCUT2D eigenvalue weighted by atomic mass is 9.97. The highest BCUT2D eigenvalue weighted by Crippen LogP contribution is 2.44. The maximum absolute atomic E-state index is 13.7. The van der Waals surface area contributed by atoms with Crippen molar-refractivity contribution in [3.05, 3.63) is 386 Å². The molecule has 3 amide bonds. The maximum Gasteiger partial charge on any atom is 0.569 e. The van der Waals surface area contributed by atoms with E-state index in [1.54, 1.807) is 55.1 Å². The van der Waals surface area contributed by atoms with E-state index in [0.717, 1.165) is 131 Å². The van der Waals surface area contributed by atoms with Crippen molar-refractivity contribution in [1.82, 2.24) is 13.4 Å². The van der Waals surface area contributed by atoms with Gasteiger partial charge in [0.15, 0.2) is 11.5 Å². The van der Waals surface area contributed by atoms with E-state index in [9.17, 15) is 68.3 Å². The summed E-state index contributed by atoms with van der Waals surface area (Å²) in [6.45, 7) is 11.0. The molecule has 0 spiro atoms. The number of Topliss-reactive ketones (excluding diaryl/α,β-unsaturated/α-hetero) is 1. The molecule has 1 radical (unpaired) electrons. The van der Waals surface area contributed by atoms with Crippen molar-refractivity contribution in [3.8, 4) is 11.5 Å². The van der Waals surface area contributed by atoms with Gasteiger partial charge in [0.2, 0.25) is 29.1 Å². The Morgan fingerprint density at radius 2 is 0.993 bits per heavy atom. The smallest absolute Gasteiger partial charge is 0.537 e. The Bertz CT molecular complexity index is 6340. The van der Waals surface area contributed by atoms with E-state index in [-0.39, 0.29) is 70.6 Å². The number of nitrogen functional groups attached to an aromatic ring is 1. The fourth-order valence-corrected chi connectivity index (χ4v) is 18.4. The summed E-state index contributed by atoms with van der Waals surface area (Å²) in [5, 5.41) is 21.3. The number of phenols is 1. The zero-order valence-corrected chi connectivity index (χ0v) is 84.3. The number of aromatic nitrogens is 1. The Kier molecular flexibility index (Phi) is 51.5. The number of phenolic OH excluding ortho intramolecular Hbond substituents is 1. The minimum atomic E-state index is -2.29. The molecule has 0 bridgehead atoms. The molecule has 5 atom stereocenters. The predicted octanol–water partition coefficient (Wildman–Crippen LogP) is 27.3. The number of urea groups is 1. The molecule has 4 fully saturated rings. The first kappa shape index (κ1) is 119. The second-order valence-electron chi connectivity index (χ2n) is 33.2. The normalized spacial score (nSPS) is 15.8. The number of imide groups is 1. The van der Waals surface area contributed by atoms with Gasteiger partial charge in [-0.25, -0.2) is 39.9 Å². The average molecular weight is 2090 g/mol. The number of allylic oxidation sites excluding steroid dienone is 4. The molecule has 1 saturated heterocycles. The van der Waals surface area contributed by atoms with Crippen molar-refractivity contribution in [1.29, 1.82) is 0 Å². The number of aromatic hydroxyl groups is 1. The molecule has 4 aliphatic carbocycles. The molecule has 5 aliphatic rings. The summed E-state index contributed by atoms with van der Waals surface area (Å²) in [4.78, 5) is 102. The number of amides is 3. The van der Waals surface area contributed by atoms with Crippen LogP contribution in [0.5, 0.6) is 11.5 Å². The molecular formula is C111H110BCl2F9N5O14S3. The van der Waals surface area contributed by atoms with Gasteiger partial charge in [0.25, 0.3) is 11.5 Å². The average Bonchev–Trinajstić information content (AvgIpc) is 1.68. The highest BCUT2D eigenvalue weighted by Gasteiger charge is 2.51. The molecule has 1 aliphatic heterocycles. The van der Waals surface area contributed by atoms with E-state index in [1.165, 1.54) is 112 Å². The van der Waals surface area contributed by atoms with Crippen molar-refractivity contribution >= 4 is 143 Å². The molecule has 17 rings (SSSR count). The van der Waals surface area contributed by atoms with Crippen molar-refractivity contribution in [3.63, 3.8) is 0 Å². The van der Waals surface area contributed by atoms with Crippen LogP contribution in [-0.4, -0.2) is 91.2 Å². The summed E-state index contributed by atoms with van der Waals surface area (Å²) in [5.41, 5.74) is 17.5. The van der Waals surface area contributed by atoms with Crippen LogP contribution in [0.15, 0.2) is 299 Å². The number of hydrogen-bond donors (Lipinski definition) is 4. The van der Waals surface area contributed by atoms with Crippen LogP contribution in [0.1, 0.15) is 193 Å². The maximum atomic E-state index is 13.7. The number of nitrogens with one attached hydrogen (secondary N) is 1. The molecule has 1 aromatic heterocycles. The SMILES string of the molecule is CC/C=C/c1cc(SCc2ccccc2)ccc1N.CC/C=C/c1cc(SCc2ccccc2)ccc1NC1CCC(c2cccc(F)c2)C1.CC1(C)C(=O)N(Cl)C(=O)N1Cl.CCOC(C)=O.O=C1C=CCC1.O=C1CCC(c2cccc(F)c2)C1.O=C=O.O=C=O.O=c1ccc2cc(SCc3ccccc3)ccc2n1C1CCC(c2cccc(F)c2)C1.O[B]Oc1cccc(F)c1.Oc1c(F)c(F)c(F)c(F)c1F. The molecule has 19 nitrogen and oxygen atoms in total. The number of pyridine rings is 1. The van der Waals surface area contributed by atoms with Gasteiger partial charge in [-0.2, -0.15) is 32.4 Å². The summed E-state index contributed by atoms with van der Waals surface area (Å²) in [6, 6.07) is 80.4. The number of anilines is 2. The highest BCUT2D eigenvalue weighted by atomic mass is 35.5. The minimum absolute atomic E-state index is 0.0436. The summed E-state index contributed by atoms with van der Waals surface area (Å²) in [7, 11) is 0.509.